The van der Waals surface area contributed by atoms with Gasteiger partial charge in [0.1, 0.15) is 5.58 Å². The van der Waals surface area contributed by atoms with Crippen molar-refractivity contribution >= 4 is 16.9 Å². The van der Waals surface area contributed by atoms with E-state index in [1.165, 1.54) is 6.42 Å². The van der Waals surface area contributed by atoms with Crippen molar-refractivity contribution in [1.29, 1.82) is 0 Å². The van der Waals surface area contributed by atoms with E-state index in [0.29, 0.717) is 18.8 Å². The molecule has 6 heteroatoms. The Kier molecular flexibility index (Phi) is 7.53. The number of aliphatic hydroxyl groups is 1. The Morgan fingerprint density at radius 2 is 2.00 bits per heavy atom. The SMILES string of the molecule is CCO[C@@H]1OC(C(=O)N(C)C2CCCCC2)=C[C@H](c2coc3ccccc23)[C@@H]1CCCO. The molecule has 1 aliphatic carbocycles. The Labute approximate surface area is 190 Å². The maximum atomic E-state index is 13.5. The van der Waals surface area contributed by atoms with Crippen LogP contribution in [0.1, 0.15) is 63.4 Å². The van der Waals surface area contributed by atoms with E-state index in [9.17, 15) is 9.90 Å². The van der Waals surface area contributed by atoms with Gasteiger partial charge in [0.25, 0.3) is 5.91 Å². The number of amides is 1. The molecule has 32 heavy (non-hydrogen) atoms. The van der Waals surface area contributed by atoms with Gasteiger partial charge in [0.15, 0.2) is 5.76 Å². The predicted molar refractivity (Wildman–Crippen MR) is 123 cm³/mol. The summed E-state index contributed by atoms with van der Waals surface area (Å²) < 4.78 is 18.0. The number of carbonyl (C=O) groups excluding carboxylic acids is 1. The molecule has 1 amide bonds. The minimum atomic E-state index is -0.547. The summed E-state index contributed by atoms with van der Waals surface area (Å²) in [5, 5.41) is 10.5. The highest BCUT2D eigenvalue weighted by Gasteiger charge is 2.40. The summed E-state index contributed by atoms with van der Waals surface area (Å²) >= 11 is 0. The van der Waals surface area contributed by atoms with Gasteiger partial charge in [-0.25, -0.2) is 0 Å². The molecule has 2 aromatic rings. The van der Waals surface area contributed by atoms with Crippen molar-refractivity contribution in [3.8, 4) is 0 Å². The first-order valence-corrected chi connectivity index (χ1v) is 12.0. The number of rotatable bonds is 8. The second kappa shape index (κ2) is 10.5. The number of fused-ring (bicyclic) bond motifs is 1. The standard InChI is InChI=1S/C26H35NO5/c1-3-30-26-20(13-9-15-28)21(22-17-31-23-14-8-7-12-19(22)23)16-24(32-26)25(29)27(2)18-10-5-4-6-11-18/h7-8,12,14,16-18,20-21,26,28H,3-6,9-11,13,15H2,1-2H3/t20-,21-,26+/m0/s1. The van der Waals surface area contributed by atoms with E-state index in [0.717, 1.165) is 48.6 Å². The van der Waals surface area contributed by atoms with Crippen LogP contribution in [-0.2, 0) is 14.3 Å². The van der Waals surface area contributed by atoms with E-state index in [4.69, 9.17) is 13.9 Å². The molecule has 174 valence electrons. The van der Waals surface area contributed by atoms with Gasteiger partial charge in [-0.2, -0.15) is 0 Å². The van der Waals surface area contributed by atoms with Gasteiger partial charge in [0.2, 0.25) is 6.29 Å². The number of benzene rings is 1. The minimum absolute atomic E-state index is 0.0281. The monoisotopic (exact) mass is 441 g/mol. The molecule has 2 heterocycles. The zero-order valence-electron chi connectivity index (χ0n) is 19.2. The lowest BCUT2D eigenvalue weighted by atomic mass is 9.80. The molecule has 1 N–H and O–H groups in total. The molecule has 4 rings (SSSR count). The highest BCUT2D eigenvalue weighted by Crippen LogP contribution is 2.42. The van der Waals surface area contributed by atoms with Crippen LogP contribution >= 0.6 is 0 Å². The highest BCUT2D eigenvalue weighted by atomic mass is 16.7. The molecule has 1 saturated carbocycles. The Morgan fingerprint density at radius 1 is 1.22 bits per heavy atom. The Hall–Kier alpha value is -2.31. The number of para-hydroxylation sites is 1. The van der Waals surface area contributed by atoms with Crippen LogP contribution in [0.4, 0.5) is 0 Å². The fraction of sp³-hybridized carbons (Fsp3) is 0.577. The molecule has 0 bridgehead atoms. The van der Waals surface area contributed by atoms with Gasteiger partial charge < -0.3 is 23.9 Å². The van der Waals surface area contributed by atoms with Crippen LogP contribution in [0.25, 0.3) is 11.0 Å². The van der Waals surface area contributed by atoms with Crippen LogP contribution in [0.2, 0.25) is 0 Å². The average molecular weight is 442 g/mol. The second-order valence-electron chi connectivity index (χ2n) is 8.92. The maximum absolute atomic E-state index is 13.5. The zero-order valence-corrected chi connectivity index (χ0v) is 19.2. The van der Waals surface area contributed by atoms with Gasteiger partial charge in [0, 0.05) is 49.1 Å². The first kappa shape index (κ1) is 22.9. The van der Waals surface area contributed by atoms with Crippen molar-refractivity contribution in [3.05, 3.63) is 47.9 Å². The van der Waals surface area contributed by atoms with Crippen molar-refractivity contribution in [3.63, 3.8) is 0 Å². The fourth-order valence-corrected chi connectivity index (χ4v) is 5.18. The predicted octanol–water partition coefficient (Wildman–Crippen LogP) is 4.97. The number of allylic oxidation sites excluding steroid dienone is 1. The number of nitrogens with zero attached hydrogens (tertiary/aromatic N) is 1. The molecule has 1 aliphatic heterocycles. The second-order valence-corrected chi connectivity index (χ2v) is 8.92. The molecule has 1 aromatic carbocycles. The summed E-state index contributed by atoms with van der Waals surface area (Å²) in [6.45, 7) is 2.52. The molecular formula is C26H35NO5. The molecule has 2 aliphatic rings. The first-order valence-electron chi connectivity index (χ1n) is 12.0. The quantitative estimate of drug-likeness (QED) is 0.626. The Morgan fingerprint density at radius 3 is 2.75 bits per heavy atom. The topological polar surface area (TPSA) is 72.1 Å². The molecule has 1 aromatic heterocycles. The van der Waals surface area contributed by atoms with Gasteiger partial charge in [-0.1, -0.05) is 37.5 Å². The third-order valence-electron chi connectivity index (χ3n) is 6.94. The lowest BCUT2D eigenvalue weighted by Crippen LogP contribution is -2.43. The molecule has 3 atom stereocenters. The largest absolute Gasteiger partial charge is 0.464 e. The number of furan rings is 1. The van der Waals surface area contributed by atoms with Crippen LogP contribution in [-0.4, -0.2) is 48.5 Å². The van der Waals surface area contributed by atoms with E-state index in [2.05, 4.69) is 0 Å². The van der Waals surface area contributed by atoms with E-state index in [1.807, 2.05) is 49.2 Å². The number of hydrogen-bond donors (Lipinski definition) is 1. The summed E-state index contributed by atoms with van der Waals surface area (Å²) in [5.41, 5.74) is 1.85. The first-order chi connectivity index (χ1) is 15.6. The number of carbonyl (C=O) groups is 1. The number of aliphatic hydroxyl groups excluding tert-OH is 1. The van der Waals surface area contributed by atoms with E-state index in [1.54, 1.807) is 6.26 Å². The summed E-state index contributed by atoms with van der Waals surface area (Å²) in [6.07, 6.45) is 10.2. The number of ether oxygens (including phenoxy) is 2. The van der Waals surface area contributed by atoms with E-state index in [-0.39, 0.29) is 30.4 Å². The van der Waals surface area contributed by atoms with Crippen LogP contribution in [0, 0.1) is 5.92 Å². The van der Waals surface area contributed by atoms with Crippen molar-refractivity contribution in [2.24, 2.45) is 5.92 Å². The molecular weight excluding hydrogens is 406 g/mol. The Balaban J connectivity index is 1.70. The third kappa shape index (κ3) is 4.71. The van der Waals surface area contributed by atoms with E-state index < -0.39 is 6.29 Å². The summed E-state index contributed by atoms with van der Waals surface area (Å²) in [4.78, 5) is 15.3. The van der Waals surface area contributed by atoms with Gasteiger partial charge in [0.05, 0.1) is 6.26 Å². The van der Waals surface area contributed by atoms with Crippen LogP contribution in [0.5, 0.6) is 0 Å². The molecule has 0 saturated heterocycles. The summed E-state index contributed by atoms with van der Waals surface area (Å²) in [6, 6.07) is 8.21. The van der Waals surface area contributed by atoms with Gasteiger partial charge in [-0.05, 0) is 44.7 Å². The fourth-order valence-electron chi connectivity index (χ4n) is 5.18. The molecule has 0 spiro atoms. The van der Waals surface area contributed by atoms with Gasteiger partial charge >= 0.3 is 0 Å². The molecule has 1 fully saturated rings. The number of hydrogen-bond acceptors (Lipinski definition) is 5. The van der Waals surface area contributed by atoms with Gasteiger partial charge in [-0.3, -0.25) is 4.79 Å². The minimum Gasteiger partial charge on any atom is -0.464 e. The van der Waals surface area contributed by atoms with Crippen LogP contribution in [0.3, 0.4) is 0 Å². The number of likely N-dealkylation sites (N-methyl/N-ethyl adjacent to an activating group) is 1. The highest BCUT2D eigenvalue weighted by molar-refractivity contribution is 5.92. The maximum Gasteiger partial charge on any atom is 0.288 e. The van der Waals surface area contributed by atoms with Crippen molar-refractivity contribution in [2.45, 2.75) is 70.1 Å². The average Bonchev–Trinajstić information content (AvgIpc) is 3.26. The lowest BCUT2D eigenvalue weighted by molar-refractivity contribution is -0.170. The molecule has 6 nitrogen and oxygen atoms in total. The van der Waals surface area contributed by atoms with Gasteiger partial charge in [-0.15, -0.1) is 0 Å². The molecule has 0 unspecified atom stereocenters. The van der Waals surface area contributed by atoms with Crippen LogP contribution in [0.15, 0.2) is 46.8 Å². The molecule has 0 radical (unpaired) electrons. The summed E-state index contributed by atoms with van der Waals surface area (Å²) in [5.74, 6) is 0.140. The lowest BCUT2D eigenvalue weighted by Gasteiger charge is -2.38. The zero-order chi connectivity index (χ0) is 22.5. The van der Waals surface area contributed by atoms with Crippen molar-refractivity contribution in [1.82, 2.24) is 4.90 Å². The van der Waals surface area contributed by atoms with Crippen molar-refractivity contribution in [2.75, 3.05) is 20.3 Å². The summed E-state index contributed by atoms with van der Waals surface area (Å²) in [7, 11) is 1.89. The smallest absolute Gasteiger partial charge is 0.288 e. The van der Waals surface area contributed by atoms with E-state index >= 15 is 0 Å². The normalized spacial score (nSPS) is 24.2. The van der Waals surface area contributed by atoms with Crippen molar-refractivity contribution < 1.29 is 23.8 Å². The third-order valence-corrected chi connectivity index (χ3v) is 6.94. The Bertz CT molecular complexity index is 929. The van der Waals surface area contributed by atoms with Crippen LogP contribution < -0.4 is 0 Å².